The van der Waals surface area contributed by atoms with Crippen molar-refractivity contribution in [2.45, 2.75) is 85.9 Å². The Morgan fingerprint density at radius 2 is 1.68 bits per heavy atom. The van der Waals surface area contributed by atoms with Crippen molar-refractivity contribution in [2.24, 2.45) is 5.41 Å². The van der Waals surface area contributed by atoms with Gasteiger partial charge in [0.15, 0.2) is 0 Å². The molecule has 4 N–H and O–H groups in total. The molecule has 1 saturated carbocycles. The van der Waals surface area contributed by atoms with Gasteiger partial charge in [0.05, 0.1) is 11.1 Å². The lowest BCUT2D eigenvalue weighted by atomic mass is 9.90. The second kappa shape index (κ2) is 19.0. The molecule has 0 bridgehead atoms. The second-order valence-corrected chi connectivity index (χ2v) is 11.2. The van der Waals surface area contributed by atoms with Gasteiger partial charge in [-0.3, -0.25) is 9.59 Å². The second-order valence-electron chi connectivity index (χ2n) is 10.3. The predicted molar refractivity (Wildman–Crippen MR) is 157 cm³/mol. The summed E-state index contributed by atoms with van der Waals surface area (Å²) in [6, 6.07) is 10.5. The Labute approximate surface area is 237 Å². The van der Waals surface area contributed by atoms with E-state index in [4.69, 9.17) is 28.3 Å². The SMILES string of the molecule is CC.CC(C)(C)C.CC(CNCc1ccc(Cl)cc1NC=O)c1cccc(Cl)c1F.O=CNC1CC(O)C1. The molecule has 6 nitrogen and oxygen atoms in total. The largest absolute Gasteiger partial charge is 0.393 e. The molecular weight excluding hydrogens is 528 g/mol. The Bertz CT molecular complexity index is 959. The van der Waals surface area contributed by atoms with Crippen LogP contribution in [0.15, 0.2) is 36.4 Å². The van der Waals surface area contributed by atoms with Gasteiger partial charge in [0.2, 0.25) is 12.8 Å². The van der Waals surface area contributed by atoms with E-state index >= 15 is 0 Å². The van der Waals surface area contributed by atoms with Gasteiger partial charge in [-0.05, 0) is 53.5 Å². The fourth-order valence-electron chi connectivity index (χ4n) is 3.16. The normalized spacial score (nSPS) is 16.5. The Balaban J connectivity index is 0.000000746. The molecule has 2 aromatic carbocycles. The number of carbonyl (C=O) groups is 2. The van der Waals surface area contributed by atoms with E-state index in [0.717, 1.165) is 18.4 Å². The van der Waals surface area contributed by atoms with E-state index in [2.05, 4.69) is 43.6 Å². The van der Waals surface area contributed by atoms with Gasteiger partial charge in [0.25, 0.3) is 0 Å². The Hall–Kier alpha value is -2.19. The minimum Gasteiger partial charge on any atom is -0.393 e. The summed E-state index contributed by atoms with van der Waals surface area (Å²) in [5.74, 6) is -0.415. The third-order valence-corrected chi connectivity index (χ3v) is 5.51. The minimum absolute atomic E-state index is 0.0384. The van der Waals surface area contributed by atoms with Gasteiger partial charge < -0.3 is 21.1 Å². The van der Waals surface area contributed by atoms with Crippen molar-refractivity contribution in [2.75, 3.05) is 11.9 Å². The molecule has 1 fully saturated rings. The molecule has 2 aromatic rings. The maximum Gasteiger partial charge on any atom is 0.211 e. The van der Waals surface area contributed by atoms with Crippen LogP contribution in [-0.4, -0.2) is 36.6 Å². The molecule has 2 amide bonds. The molecule has 0 radical (unpaired) electrons. The predicted octanol–water partition coefficient (Wildman–Crippen LogP) is 6.93. The first-order valence-electron chi connectivity index (χ1n) is 12.9. The van der Waals surface area contributed by atoms with Crippen LogP contribution in [0.3, 0.4) is 0 Å². The van der Waals surface area contributed by atoms with Gasteiger partial charge in [0.1, 0.15) is 5.82 Å². The van der Waals surface area contributed by atoms with Crippen LogP contribution in [0.25, 0.3) is 0 Å². The molecular formula is C29H44Cl2FN3O3. The van der Waals surface area contributed by atoms with Gasteiger partial charge >= 0.3 is 0 Å². The van der Waals surface area contributed by atoms with E-state index < -0.39 is 0 Å². The lowest BCUT2D eigenvalue weighted by molar-refractivity contribution is -0.111. The highest BCUT2D eigenvalue weighted by atomic mass is 35.5. The molecule has 0 aromatic heterocycles. The number of nitrogens with one attached hydrogen (secondary N) is 3. The van der Waals surface area contributed by atoms with Crippen LogP contribution in [0.2, 0.25) is 10.0 Å². The fourth-order valence-corrected chi connectivity index (χ4v) is 3.51. The molecule has 1 unspecified atom stereocenters. The van der Waals surface area contributed by atoms with Gasteiger partial charge in [-0.25, -0.2) is 4.39 Å². The molecule has 0 saturated heterocycles. The number of rotatable bonds is 9. The molecule has 0 heterocycles. The maximum atomic E-state index is 14.0. The standard InChI is InChI=1S/C17H17Cl2FN2O.C5H9NO2.C5H12.C2H6/c1-11(14-3-2-4-15(19)17(14)20)8-21-9-12-5-6-13(18)7-16(12)22-10-23;7-3-6-4-1-5(8)2-4;1-5(2,3)4;1-2/h2-7,10-11,21H,8-9H2,1H3,(H,22,23);3-5,8H,1-2H2,(H,6,7);1-4H3;1-2H3. The molecule has 0 aliphatic heterocycles. The quantitative estimate of drug-likeness (QED) is 0.245. The number of halogens is 3. The summed E-state index contributed by atoms with van der Waals surface area (Å²) in [5.41, 5.74) is 2.63. The average molecular weight is 573 g/mol. The van der Waals surface area contributed by atoms with Crippen molar-refractivity contribution < 1.29 is 19.1 Å². The molecule has 214 valence electrons. The third-order valence-electron chi connectivity index (χ3n) is 4.98. The Kier molecular flexibility index (Phi) is 17.9. The van der Waals surface area contributed by atoms with Crippen LogP contribution >= 0.6 is 23.2 Å². The monoisotopic (exact) mass is 571 g/mol. The van der Waals surface area contributed by atoms with Crippen molar-refractivity contribution in [1.29, 1.82) is 0 Å². The number of anilines is 1. The molecule has 1 atom stereocenters. The number of benzene rings is 2. The molecule has 3 rings (SSSR count). The summed E-state index contributed by atoms with van der Waals surface area (Å²) < 4.78 is 14.0. The zero-order valence-corrected chi connectivity index (χ0v) is 25.1. The van der Waals surface area contributed by atoms with Gasteiger partial charge in [-0.2, -0.15) is 0 Å². The molecule has 9 heteroatoms. The van der Waals surface area contributed by atoms with E-state index in [9.17, 15) is 14.0 Å². The van der Waals surface area contributed by atoms with E-state index in [1.165, 1.54) is 6.07 Å². The first kappa shape index (κ1) is 35.8. The summed E-state index contributed by atoms with van der Waals surface area (Å²) in [6.45, 7) is 15.8. The van der Waals surface area contributed by atoms with Crippen molar-refractivity contribution >= 4 is 41.7 Å². The van der Waals surface area contributed by atoms with Crippen LogP contribution in [0, 0.1) is 11.2 Å². The van der Waals surface area contributed by atoms with Crippen LogP contribution in [0.4, 0.5) is 10.1 Å². The Morgan fingerprint density at radius 3 is 2.21 bits per heavy atom. The summed E-state index contributed by atoms with van der Waals surface area (Å²) in [4.78, 5) is 20.4. The number of amides is 2. The molecule has 1 aliphatic rings. The zero-order valence-electron chi connectivity index (χ0n) is 23.6. The Morgan fingerprint density at radius 1 is 1.08 bits per heavy atom. The smallest absolute Gasteiger partial charge is 0.211 e. The number of hydrogen-bond acceptors (Lipinski definition) is 4. The summed E-state index contributed by atoms with van der Waals surface area (Å²) in [7, 11) is 0. The molecule has 38 heavy (non-hydrogen) atoms. The topological polar surface area (TPSA) is 90.5 Å². The number of hydrogen-bond donors (Lipinski definition) is 4. The van der Waals surface area contributed by atoms with Gasteiger partial charge in [-0.1, -0.05) is 89.9 Å². The van der Waals surface area contributed by atoms with Crippen molar-refractivity contribution in [1.82, 2.24) is 10.6 Å². The lowest BCUT2D eigenvalue weighted by Gasteiger charge is -2.30. The van der Waals surface area contributed by atoms with Gasteiger partial charge in [0, 0.05) is 29.8 Å². The minimum atomic E-state index is -0.377. The van der Waals surface area contributed by atoms with Crippen molar-refractivity contribution in [3.8, 4) is 0 Å². The summed E-state index contributed by atoms with van der Waals surface area (Å²) in [6.07, 6.45) is 2.56. The van der Waals surface area contributed by atoms with E-state index in [-0.39, 0.29) is 28.9 Å². The highest BCUT2D eigenvalue weighted by Gasteiger charge is 2.25. The zero-order chi connectivity index (χ0) is 29.3. The van der Waals surface area contributed by atoms with Gasteiger partial charge in [-0.15, -0.1) is 0 Å². The molecule has 0 spiro atoms. The van der Waals surface area contributed by atoms with Crippen molar-refractivity contribution in [3.63, 3.8) is 0 Å². The van der Waals surface area contributed by atoms with Crippen LogP contribution in [-0.2, 0) is 16.1 Å². The number of aliphatic hydroxyl groups is 1. The van der Waals surface area contributed by atoms with Crippen LogP contribution < -0.4 is 16.0 Å². The van der Waals surface area contributed by atoms with Crippen LogP contribution in [0.1, 0.15) is 78.4 Å². The lowest BCUT2D eigenvalue weighted by Crippen LogP contribution is -2.43. The van der Waals surface area contributed by atoms with E-state index in [1.54, 1.807) is 24.3 Å². The summed E-state index contributed by atoms with van der Waals surface area (Å²) in [5, 5.41) is 17.8. The number of carbonyl (C=O) groups excluding carboxylic acids is 2. The van der Waals surface area contributed by atoms with Crippen molar-refractivity contribution in [3.05, 3.63) is 63.4 Å². The maximum absolute atomic E-state index is 14.0. The highest BCUT2D eigenvalue weighted by Crippen LogP contribution is 2.25. The van der Waals surface area contributed by atoms with E-state index in [1.807, 2.05) is 26.8 Å². The number of aliphatic hydroxyl groups excluding tert-OH is 1. The first-order valence-corrected chi connectivity index (χ1v) is 13.6. The fraction of sp³-hybridized carbons (Fsp3) is 0.517. The first-order chi connectivity index (χ1) is 17.8. The third kappa shape index (κ3) is 15.3. The summed E-state index contributed by atoms with van der Waals surface area (Å²) >= 11 is 11.7. The van der Waals surface area contributed by atoms with Crippen LogP contribution in [0.5, 0.6) is 0 Å². The van der Waals surface area contributed by atoms with E-state index in [0.29, 0.717) is 47.6 Å². The molecule has 1 aliphatic carbocycles. The average Bonchev–Trinajstić information content (AvgIpc) is 2.82. The highest BCUT2D eigenvalue weighted by molar-refractivity contribution is 6.31.